The van der Waals surface area contributed by atoms with Crippen molar-refractivity contribution in [3.8, 4) is 5.75 Å². The molecule has 2 heterocycles. The van der Waals surface area contributed by atoms with Gasteiger partial charge in [0.25, 0.3) is 0 Å². The molecule has 0 N–H and O–H groups in total. The number of piperidine rings is 1. The monoisotopic (exact) mass is 352 g/mol. The summed E-state index contributed by atoms with van der Waals surface area (Å²) in [6, 6.07) is 4.31. The van der Waals surface area contributed by atoms with Crippen LogP contribution in [0, 0.1) is 0 Å². The highest BCUT2D eigenvalue weighted by molar-refractivity contribution is 7.89. The number of hydrogen-bond acceptors (Lipinski definition) is 5. The van der Waals surface area contributed by atoms with E-state index in [4.69, 9.17) is 4.74 Å². The van der Waals surface area contributed by atoms with Gasteiger partial charge in [0, 0.05) is 25.9 Å². The van der Waals surface area contributed by atoms with E-state index in [0.29, 0.717) is 18.8 Å². The summed E-state index contributed by atoms with van der Waals surface area (Å²) in [5, 5.41) is 0. The molecule has 130 valence electrons. The second kappa shape index (κ2) is 6.52. The lowest BCUT2D eigenvalue weighted by Gasteiger charge is -2.26. The third kappa shape index (κ3) is 2.91. The van der Waals surface area contributed by atoms with Crippen LogP contribution < -0.4 is 9.64 Å². The standard InChI is InChI=1S/C16H20N2O5S/c1-23-14-6-5-12(24(21,22)17-9-3-2-4-10-17)11-13(14)18-15(19)7-8-16(18)20/h5-6,11H,2-4,7-10H2,1H3. The summed E-state index contributed by atoms with van der Waals surface area (Å²) >= 11 is 0. The number of carbonyl (C=O) groups excluding carboxylic acids is 2. The fourth-order valence-corrected chi connectivity index (χ4v) is 4.64. The van der Waals surface area contributed by atoms with Crippen molar-refractivity contribution in [2.24, 2.45) is 0 Å². The molecule has 0 atom stereocenters. The average molecular weight is 352 g/mol. The van der Waals surface area contributed by atoms with Crippen LogP contribution in [-0.4, -0.2) is 44.7 Å². The van der Waals surface area contributed by atoms with E-state index in [-0.39, 0.29) is 35.2 Å². The van der Waals surface area contributed by atoms with Crippen LogP contribution in [0.1, 0.15) is 32.1 Å². The van der Waals surface area contributed by atoms with Gasteiger partial charge in [-0.25, -0.2) is 13.3 Å². The summed E-state index contributed by atoms with van der Waals surface area (Å²) in [5.74, 6) is -0.382. The van der Waals surface area contributed by atoms with Gasteiger partial charge in [-0.1, -0.05) is 6.42 Å². The van der Waals surface area contributed by atoms with E-state index >= 15 is 0 Å². The Morgan fingerprint density at radius 1 is 1.00 bits per heavy atom. The largest absolute Gasteiger partial charge is 0.495 e. The molecule has 24 heavy (non-hydrogen) atoms. The smallest absolute Gasteiger partial charge is 0.243 e. The normalized spacial score (nSPS) is 19.8. The van der Waals surface area contributed by atoms with Crippen LogP contribution in [0.5, 0.6) is 5.75 Å². The maximum Gasteiger partial charge on any atom is 0.243 e. The molecule has 0 saturated carbocycles. The zero-order valence-corrected chi connectivity index (χ0v) is 14.3. The molecule has 1 aromatic rings. The summed E-state index contributed by atoms with van der Waals surface area (Å²) < 4.78 is 32.3. The third-order valence-corrected chi connectivity index (χ3v) is 6.29. The molecule has 3 rings (SSSR count). The van der Waals surface area contributed by atoms with Gasteiger partial charge in [0.1, 0.15) is 5.75 Å². The Balaban J connectivity index is 2.03. The first-order valence-corrected chi connectivity index (χ1v) is 9.43. The molecular weight excluding hydrogens is 332 g/mol. The maximum absolute atomic E-state index is 12.8. The van der Waals surface area contributed by atoms with E-state index in [1.165, 1.54) is 29.6 Å². The Morgan fingerprint density at radius 3 is 2.21 bits per heavy atom. The van der Waals surface area contributed by atoms with Gasteiger partial charge < -0.3 is 4.74 Å². The number of imide groups is 1. The van der Waals surface area contributed by atoms with Crippen LogP contribution in [0.2, 0.25) is 0 Å². The van der Waals surface area contributed by atoms with Crippen LogP contribution in [0.25, 0.3) is 0 Å². The van der Waals surface area contributed by atoms with Crippen molar-refractivity contribution in [1.82, 2.24) is 4.31 Å². The van der Waals surface area contributed by atoms with Gasteiger partial charge in [0.05, 0.1) is 17.7 Å². The third-order valence-electron chi connectivity index (χ3n) is 4.40. The van der Waals surface area contributed by atoms with Crippen LogP contribution in [0.15, 0.2) is 23.1 Å². The highest BCUT2D eigenvalue weighted by Crippen LogP contribution is 2.35. The van der Waals surface area contributed by atoms with Crippen molar-refractivity contribution in [2.45, 2.75) is 37.0 Å². The van der Waals surface area contributed by atoms with Gasteiger partial charge in [-0.3, -0.25) is 9.59 Å². The molecule has 1 aromatic carbocycles. The van der Waals surface area contributed by atoms with Crippen LogP contribution in [0.3, 0.4) is 0 Å². The van der Waals surface area contributed by atoms with E-state index in [1.807, 2.05) is 0 Å². The second-order valence-electron chi connectivity index (χ2n) is 5.92. The summed E-state index contributed by atoms with van der Waals surface area (Å²) in [6.45, 7) is 0.983. The molecule has 7 nitrogen and oxygen atoms in total. The highest BCUT2D eigenvalue weighted by Gasteiger charge is 2.34. The molecule has 0 aliphatic carbocycles. The molecule has 0 aromatic heterocycles. The first kappa shape index (κ1) is 16.9. The van der Waals surface area contributed by atoms with E-state index < -0.39 is 10.0 Å². The highest BCUT2D eigenvalue weighted by atomic mass is 32.2. The molecule has 2 fully saturated rings. The van der Waals surface area contributed by atoms with Crippen LogP contribution in [0.4, 0.5) is 5.69 Å². The van der Waals surface area contributed by atoms with Crippen molar-refractivity contribution >= 4 is 27.5 Å². The van der Waals surface area contributed by atoms with Crippen molar-refractivity contribution in [3.63, 3.8) is 0 Å². The first-order chi connectivity index (χ1) is 11.4. The molecular formula is C16H20N2O5S. The summed E-state index contributed by atoms with van der Waals surface area (Å²) in [4.78, 5) is 25.1. The molecule has 0 unspecified atom stereocenters. The van der Waals surface area contributed by atoms with E-state index in [1.54, 1.807) is 0 Å². The van der Waals surface area contributed by atoms with Gasteiger partial charge in [-0.05, 0) is 31.0 Å². The summed E-state index contributed by atoms with van der Waals surface area (Å²) in [5.41, 5.74) is 0.197. The number of anilines is 1. The maximum atomic E-state index is 12.8. The Hall–Kier alpha value is -1.93. The van der Waals surface area contributed by atoms with Gasteiger partial charge in [-0.2, -0.15) is 4.31 Å². The number of ether oxygens (including phenoxy) is 1. The van der Waals surface area contributed by atoms with Crippen LogP contribution in [-0.2, 0) is 19.6 Å². The lowest BCUT2D eigenvalue weighted by atomic mass is 10.2. The minimum Gasteiger partial charge on any atom is -0.495 e. The predicted molar refractivity (Wildman–Crippen MR) is 87.3 cm³/mol. The van der Waals surface area contributed by atoms with E-state index in [2.05, 4.69) is 0 Å². The summed E-state index contributed by atoms with van der Waals surface area (Å²) in [6.07, 6.45) is 2.96. The molecule has 2 saturated heterocycles. The van der Waals surface area contributed by atoms with Crippen molar-refractivity contribution in [2.75, 3.05) is 25.1 Å². The number of benzene rings is 1. The number of sulfonamides is 1. The lowest BCUT2D eigenvalue weighted by molar-refractivity contribution is -0.121. The molecule has 0 radical (unpaired) electrons. The fourth-order valence-electron chi connectivity index (χ4n) is 3.10. The van der Waals surface area contributed by atoms with Crippen molar-refractivity contribution in [1.29, 1.82) is 0 Å². The number of hydrogen-bond donors (Lipinski definition) is 0. The topological polar surface area (TPSA) is 84.0 Å². The zero-order chi connectivity index (χ0) is 17.3. The number of amides is 2. The molecule has 2 aliphatic heterocycles. The lowest BCUT2D eigenvalue weighted by Crippen LogP contribution is -2.36. The van der Waals surface area contributed by atoms with Crippen molar-refractivity contribution < 1.29 is 22.7 Å². The number of rotatable bonds is 4. The Labute approximate surface area is 141 Å². The molecule has 2 aliphatic rings. The second-order valence-corrected chi connectivity index (χ2v) is 7.86. The minimum atomic E-state index is -3.65. The Bertz CT molecular complexity index is 753. The first-order valence-electron chi connectivity index (χ1n) is 7.99. The summed E-state index contributed by atoms with van der Waals surface area (Å²) in [7, 11) is -2.23. The minimum absolute atomic E-state index is 0.0766. The van der Waals surface area contributed by atoms with Crippen LogP contribution >= 0.6 is 0 Å². The SMILES string of the molecule is COc1ccc(S(=O)(=O)N2CCCCC2)cc1N1C(=O)CCC1=O. The average Bonchev–Trinajstić information content (AvgIpc) is 2.93. The zero-order valence-electron chi connectivity index (χ0n) is 13.5. The van der Waals surface area contributed by atoms with Gasteiger partial charge in [0.2, 0.25) is 21.8 Å². The van der Waals surface area contributed by atoms with Gasteiger partial charge >= 0.3 is 0 Å². The van der Waals surface area contributed by atoms with E-state index in [0.717, 1.165) is 24.2 Å². The number of carbonyl (C=O) groups is 2. The molecule has 2 amide bonds. The van der Waals surface area contributed by atoms with Gasteiger partial charge in [-0.15, -0.1) is 0 Å². The molecule has 0 spiro atoms. The Kier molecular flexibility index (Phi) is 4.60. The Morgan fingerprint density at radius 2 is 1.62 bits per heavy atom. The van der Waals surface area contributed by atoms with Gasteiger partial charge in [0.15, 0.2) is 0 Å². The van der Waals surface area contributed by atoms with E-state index in [9.17, 15) is 18.0 Å². The predicted octanol–water partition coefficient (Wildman–Crippen LogP) is 1.52. The number of nitrogens with zero attached hydrogens (tertiary/aromatic N) is 2. The molecule has 0 bridgehead atoms. The quantitative estimate of drug-likeness (QED) is 0.767. The number of methoxy groups -OCH3 is 1. The van der Waals surface area contributed by atoms with Crippen molar-refractivity contribution in [3.05, 3.63) is 18.2 Å². The fraction of sp³-hybridized carbons (Fsp3) is 0.500. The molecule has 8 heteroatoms.